The van der Waals surface area contributed by atoms with Crippen LogP contribution in [0.25, 0.3) is 0 Å². The summed E-state index contributed by atoms with van der Waals surface area (Å²) in [6.07, 6.45) is -3.00. The van der Waals surface area contributed by atoms with E-state index >= 15 is 0 Å². The molecule has 0 aromatic carbocycles. The molecule has 1 aromatic rings. The number of ether oxygens (including phenoxy) is 1. The van der Waals surface area contributed by atoms with E-state index in [1.54, 1.807) is 0 Å². The fourth-order valence-corrected chi connectivity index (χ4v) is 0.749. The van der Waals surface area contributed by atoms with E-state index in [1.165, 1.54) is 17.9 Å². The van der Waals surface area contributed by atoms with Crippen LogP contribution in [0.1, 0.15) is 0 Å². The summed E-state index contributed by atoms with van der Waals surface area (Å²) in [4.78, 5) is 0. The van der Waals surface area contributed by atoms with Crippen LogP contribution in [0.5, 0.6) is 5.88 Å². The van der Waals surface area contributed by atoms with Gasteiger partial charge in [-0.3, -0.25) is 4.68 Å². The Bertz CT molecular complexity index is 299. The highest BCUT2D eigenvalue weighted by Gasteiger charge is 2.29. The van der Waals surface area contributed by atoms with Crippen molar-refractivity contribution in [1.29, 1.82) is 0 Å². The van der Waals surface area contributed by atoms with Gasteiger partial charge in [0.2, 0.25) is 0 Å². The van der Waals surface area contributed by atoms with Crippen LogP contribution in [-0.2, 0) is 7.05 Å². The largest absolute Gasteiger partial charge is 0.466 e. The van der Waals surface area contributed by atoms with Crippen molar-refractivity contribution in [1.82, 2.24) is 9.78 Å². The maximum Gasteiger partial charge on any atom is 0.422 e. The molecule has 4 nitrogen and oxygen atoms in total. The number of nitrogens with two attached hydrogens (primary N) is 1. The highest BCUT2D eigenvalue weighted by atomic mass is 35.5. The topological polar surface area (TPSA) is 53.1 Å². The molecule has 0 saturated heterocycles. The summed E-state index contributed by atoms with van der Waals surface area (Å²) in [6.45, 7) is -1.38. The molecule has 0 radical (unpaired) electrons. The third-order valence-electron chi connectivity index (χ3n) is 1.19. The average molecular weight is 232 g/mol. The number of nitrogen functional groups attached to an aromatic ring is 1. The first kappa shape index (κ1) is 12.9. The Morgan fingerprint density at radius 1 is 1.57 bits per heavy atom. The zero-order chi connectivity index (χ0) is 10.1. The first-order valence-electron chi connectivity index (χ1n) is 3.37. The Balaban J connectivity index is 0.00000169. The highest BCUT2D eigenvalue weighted by Crippen LogP contribution is 2.21. The summed E-state index contributed by atoms with van der Waals surface area (Å²) >= 11 is 0. The van der Waals surface area contributed by atoms with E-state index in [2.05, 4.69) is 9.84 Å². The molecule has 0 unspecified atom stereocenters. The molecule has 0 atom stereocenters. The van der Waals surface area contributed by atoms with E-state index in [0.717, 1.165) is 0 Å². The number of anilines is 1. The molecule has 0 saturated carbocycles. The van der Waals surface area contributed by atoms with Crippen molar-refractivity contribution in [3.8, 4) is 5.88 Å². The zero-order valence-corrected chi connectivity index (χ0v) is 8.02. The normalized spacial score (nSPS) is 10.9. The Kier molecular flexibility index (Phi) is 4.06. The minimum absolute atomic E-state index is 0. The minimum atomic E-state index is -4.37. The molecular formula is C6H9ClF3N3O. The molecule has 14 heavy (non-hydrogen) atoms. The second kappa shape index (κ2) is 4.41. The van der Waals surface area contributed by atoms with Crippen LogP contribution in [-0.4, -0.2) is 22.6 Å². The SMILES string of the molecule is Cl.Cn1cc(N)c(OCC(F)(F)F)n1. The van der Waals surface area contributed by atoms with E-state index in [-0.39, 0.29) is 24.0 Å². The molecule has 0 fully saturated rings. The summed E-state index contributed by atoms with van der Waals surface area (Å²) in [6, 6.07) is 0. The summed E-state index contributed by atoms with van der Waals surface area (Å²) in [5.41, 5.74) is 5.38. The van der Waals surface area contributed by atoms with Gasteiger partial charge in [-0.1, -0.05) is 0 Å². The molecule has 82 valence electrons. The molecule has 0 spiro atoms. The van der Waals surface area contributed by atoms with E-state index in [0.29, 0.717) is 0 Å². The smallest absolute Gasteiger partial charge is 0.422 e. The summed E-state index contributed by atoms with van der Waals surface area (Å²) in [7, 11) is 1.54. The van der Waals surface area contributed by atoms with Gasteiger partial charge >= 0.3 is 6.18 Å². The van der Waals surface area contributed by atoms with Gasteiger partial charge in [0.05, 0.1) is 6.20 Å². The lowest BCUT2D eigenvalue weighted by Gasteiger charge is -2.06. The standard InChI is InChI=1S/C6H8F3N3O.ClH/c1-12-2-4(10)5(11-12)13-3-6(7,8)9;/h2H,3,10H2,1H3;1H. The lowest BCUT2D eigenvalue weighted by Crippen LogP contribution is -2.19. The van der Waals surface area contributed by atoms with Crippen LogP contribution in [0.3, 0.4) is 0 Å². The number of hydrogen-bond acceptors (Lipinski definition) is 3. The van der Waals surface area contributed by atoms with Gasteiger partial charge in [0.1, 0.15) is 5.69 Å². The van der Waals surface area contributed by atoms with Crippen LogP contribution >= 0.6 is 12.4 Å². The second-order valence-corrected chi connectivity index (χ2v) is 2.47. The number of nitrogens with zero attached hydrogens (tertiary/aromatic N) is 2. The summed E-state index contributed by atoms with van der Waals surface area (Å²) in [5.74, 6) is -0.195. The molecule has 0 amide bonds. The van der Waals surface area contributed by atoms with Crippen LogP contribution in [0.2, 0.25) is 0 Å². The summed E-state index contributed by atoms with van der Waals surface area (Å²) < 4.78 is 40.7. The van der Waals surface area contributed by atoms with Crippen molar-refractivity contribution in [2.24, 2.45) is 7.05 Å². The van der Waals surface area contributed by atoms with Crippen LogP contribution < -0.4 is 10.5 Å². The van der Waals surface area contributed by atoms with E-state index in [1.807, 2.05) is 0 Å². The Morgan fingerprint density at radius 3 is 2.50 bits per heavy atom. The van der Waals surface area contributed by atoms with Crippen molar-refractivity contribution in [2.75, 3.05) is 12.3 Å². The second-order valence-electron chi connectivity index (χ2n) is 2.47. The Morgan fingerprint density at radius 2 is 2.14 bits per heavy atom. The lowest BCUT2D eigenvalue weighted by atomic mass is 10.6. The summed E-state index contributed by atoms with van der Waals surface area (Å²) in [5, 5.41) is 3.58. The van der Waals surface area contributed by atoms with E-state index < -0.39 is 12.8 Å². The zero-order valence-electron chi connectivity index (χ0n) is 7.21. The molecule has 0 aliphatic rings. The van der Waals surface area contributed by atoms with Crippen molar-refractivity contribution >= 4 is 18.1 Å². The molecule has 8 heteroatoms. The fourth-order valence-electron chi connectivity index (χ4n) is 0.749. The van der Waals surface area contributed by atoms with Crippen molar-refractivity contribution in [3.05, 3.63) is 6.20 Å². The van der Waals surface area contributed by atoms with Crippen LogP contribution in [0.15, 0.2) is 6.20 Å². The third-order valence-corrected chi connectivity index (χ3v) is 1.19. The molecule has 1 heterocycles. The predicted octanol–water partition coefficient (Wildman–Crippen LogP) is 1.37. The number of alkyl halides is 3. The number of hydrogen-bond donors (Lipinski definition) is 1. The lowest BCUT2D eigenvalue weighted by molar-refractivity contribution is -0.154. The third kappa shape index (κ3) is 3.73. The number of aromatic nitrogens is 2. The number of rotatable bonds is 2. The van der Waals surface area contributed by atoms with Gasteiger partial charge in [0, 0.05) is 7.05 Å². The fraction of sp³-hybridized carbons (Fsp3) is 0.500. The van der Waals surface area contributed by atoms with Gasteiger partial charge in [0.25, 0.3) is 5.88 Å². The molecule has 1 aromatic heterocycles. The van der Waals surface area contributed by atoms with E-state index in [4.69, 9.17) is 5.73 Å². The van der Waals surface area contributed by atoms with Gasteiger partial charge in [-0.2, -0.15) is 13.2 Å². The van der Waals surface area contributed by atoms with Gasteiger partial charge in [0.15, 0.2) is 6.61 Å². The molecule has 1 rings (SSSR count). The quantitative estimate of drug-likeness (QED) is 0.836. The van der Waals surface area contributed by atoms with Crippen molar-refractivity contribution < 1.29 is 17.9 Å². The van der Waals surface area contributed by atoms with Crippen LogP contribution in [0.4, 0.5) is 18.9 Å². The Labute approximate surface area is 84.2 Å². The predicted molar refractivity (Wildman–Crippen MR) is 46.4 cm³/mol. The van der Waals surface area contributed by atoms with Crippen molar-refractivity contribution in [2.45, 2.75) is 6.18 Å². The molecular weight excluding hydrogens is 223 g/mol. The first-order chi connectivity index (χ1) is 5.88. The Hall–Kier alpha value is -1.11. The van der Waals surface area contributed by atoms with Gasteiger partial charge < -0.3 is 10.5 Å². The molecule has 0 aliphatic carbocycles. The van der Waals surface area contributed by atoms with Gasteiger partial charge in [-0.15, -0.1) is 17.5 Å². The first-order valence-corrected chi connectivity index (χ1v) is 3.37. The molecule has 0 aliphatic heterocycles. The van der Waals surface area contributed by atoms with Crippen molar-refractivity contribution in [3.63, 3.8) is 0 Å². The van der Waals surface area contributed by atoms with Gasteiger partial charge in [-0.05, 0) is 0 Å². The monoisotopic (exact) mass is 231 g/mol. The van der Waals surface area contributed by atoms with E-state index in [9.17, 15) is 13.2 Å². The molecule has 2 N–H and O–H groups in total. The highest BCUT2D eigenvalue weighted by molar-refractivity contribution is 5.85. The number of halogens is 4. The maximum atomic E-state index is 11.7. The van der Waals surface area contributed by atoms with Gasteiger partial charge in [-0.25, -0.2) is 0 Å². The number of aryl methyl sites for hydroxylation is 1. The van der Waals surface area contributed by atoms with Crippen LogP contribution in [0, 0.1) is 0 Å². The minimum Gasteiger partial charge on any atom is -0.466 e. The maximum absolute atomic E-state index is 11.7. The molecule has 0 bridgehead atoms. The average Bonchev–Trinajstić information content (AvgIpc) is 2.24.